The lowest BCUT2D eigenvalue weighted by Crippen LogP contribution is -2.41. The zero-order chi connectivity index (χ0) is 25.3. The maximum Gasteiger partial charge on any atom is 0.281 e. The van der Waals surface area contributed by atoms with Crippen LogP contribution in [-0.4, -0.2) is 42.5 Å². The Hall–Kier alpha value is -2.95. The summed E-state index contributed by atoms with van der Waals surface area (Å²) >= 11 is 0. The number of carbonyl (C=O) groups is 1. The van der Waals surface area contributed by atoms with Gasteiger partial charge < -0.3 is 15.4 Å². The van der Waals surface area contributed by atoms with Gasteiger partial charge in [-0.3, -0.25) is 4.79 Å². The topological polar surface area (TPSA) is 128 Å². The Morgan fingerprint density at radius 1 is 1.38 bits per heavy atom. The lowest BCUT2D eigenvalue weighted by molar-refractivity contribution is 0.0980. The number of anilines is 2. The van der Waals surface area contributed by atoms with Crippen molar-refractivity contribution in [3.63, 3.8) is 0 Å². The van der Waals surface area contributed by atoms with Gasteiger partial charge in [0.1, 0.15) is 11.6 Å². The Bertz CT molecular complexity index is 1170. The minimum Gasteiger partial charge on any atom is -0.473 e. The van der Waals surface area contributed by atoms with Crippen LogP contribution in [0.15, 0.2) is 29.3 Å². The highest BCUT2D eigenvalue weighted by Crippen LogP contribution is 2.39. The van der Waals surface area contributed by atoms with E-state index < -0.39 is 26.8 Å². The lowest BCUT2D eigenvalue weighted by Gasteiger charge is -2.34. The van der Waals surface area contributed by atoms with Crippen LogP contribution in [0.2, 0.25) is 0 Å². The highest BCUT2D eigenvalue weighted by atomic mass is 32.2. The van der Waals surface area contributed by atoms with Crippen molar-refractivity contribution in [2.75, 3.05) is 17.2 Å². The van der Waals surface area contributed by atoms with Gasteiger partial charge in [-0.2, -0.15) is 13.4 Å². The van der Waals surface area contributed by atoms with E-state index in [9.17, 15) is 17.6 Å². The Morgan fingerprint density at radius 2 is 2.09 bits per heavy atom. The van der Waals surface area contributed by atoms with E-state index in [-0.39, 0.29) is 34.7 Å². The molecule has 0 aliphatic carbocycles. The number of sulfonamides is 1. The van der Waals surface area contributed by atoms with Crippen molar-refractivity contribution in [2.45, 2.75) is 70.6 Å². The number of nitrogens with zero attached hydrogens (tertiary/aromatic N) is 3. The molecule has 9 nitrogen and oxygen atoms in total. The highest BCUT2D eigenvalue weighted by Gasteiger charge is 2.40. The van der Waals surface area contributed by atoms with E-state index in [2.05, 4.69) is 16.9 Å². The number of hydrogen-bond acceptors (Lipinski definition) is 8. The van der Waals surface area contributed by atoms with Crippen molar-refractivity contribution in [3.05, 3.63) is 35.6 Å². The zero-order valence-corrected chi connectivity index (χ0v) is 20.9. The van der Waals surface area contributed by atoms with Gasteiger partial charge in [-0.1, -0.05) is 26.3 Å². The number of pyridine rings is 2. The molecule has 3 heterocycles. The van der Waals surface area contributed by atoms with Crippen molar-refractivity contribution < 1.29 is 22.3 Å². The van der Waals surface area contributed by atoms with Gasteiger partial charge in [-0.15, -0.1) is 0 Å². The van der Waals surface area contributed by atoms with Crippen LogP contribution in [0.1, 0.15) is 64.2 Å². The lowest BCUT2D eigenvalue weighted by atomic mass is 9.97. The zero-order valence-electron chi connectivity index (χ0n) is 20.1. The number of nitrogen functional groups attached to an aromatic ring is 1. The highest BCUT2D eigenvalue weighted by molar-refractivity contribution is 7.90. The monoisotopic (exact) mass is 493 g/mol. The summed E-state index contributed by atoms with van der Waals surface area (Å²) < 4.78 is 48.2. The Labute approximate surface area is 200 Å². The van der Waals surface area contributed by atoms with Crippen molar-refractivity contribution in [1.82, 2.24) is 14.7 Å². The van der Waals surface area contributed by atoms with Crippen LogP contribution in [0.3, 0.4) is 0 Å². The predicted molar refractivity (Wildman–Crippen MR) is 128 cm³/mol. The summed E-state index contributed by atoms with van der Waals surface area (Å²) in [7, 11) is -4.35. The molecule has 1 aliphatic heterocycles. The number of halogens is 1. The van der Waals surface area contributed by atoms with E-state index in [0.29, 0.717) is 18.9 Å². The van der Waals surface area contributed by atoms with Crippen LogP contribution in [0.4, 0.5) is 16.0 Å². The molecule has 3 rings (SSSR count). The van der Waals surface area contributed by atoms with Crippen molar-refractivity contribution in [3.8, 4) is 5.88 Å². The largest absolute Gasteiger partial charge is 0.473 e. The molecule has 2 aromatic rings. The maximum absolute atomic E-state index is 15.0. The molecule has 0 aromatic carbocycles. The first-order valence-electron chi connectivity index (χ1n) is 11.3. The summed E-state index contributed by atoms with van der Waals surface area (Å²) in [6.07, 6.45) is 2.10. The molecular weight excluding hydrogens is 461 g/mol. The summed E-state index contributed by atoms with van der Waals surface area (Å²) in [5, 5.41) is -0.417. The quantitative estimate of drug-likeness (QED) is 0.572. The van der Waals surface area contributed by atoms with Gasteiger partial charge in [-0.25, -0.2) is 14.1 Å². The molecule has 2 unspecified atom stereocenters. The fourth-order valence-electron chi connectivity index (χ4n) is 4.34. The molecule has 2 aromatic heterocycles. The summed E-state index contributed by atoms with van der Waals surface area (Å²) in [5.74, 6) is -1.64. The van der Waals surface area contributed by atoms with Gasteiger partial charge in [-0.05, 0) is 57.7 Å². The van der Waals surface area contributed by atoms with Crippen LogP contribution in [0.25, 0.3) is 0 Å². The molecule has 1 amide bonds. The number of aromatic nitrogens is 2. The van der Waals surface area contributed by atoms with E-state index in [1.165, 1.54) is 18.2 Å². The van der Waals surface area contributed by atoms with Crippen LogP contribution >= 0.6 is 0 Å². The summed E-state index contributed by atoms with van der Waals surface area (Å²) in [6.45, 7) is 10.4. The average molecular weight is 494 g/mol. The number of carbonyl (C=O) groups excluding carboxylic acids is 1. The minimum absolute atomic E-state index is 0.0146. The van der Waals surface area contributed by atoms with Crippen LogP contribution in [-0.2, 0) is 10.0 Å². The molecule has 1 aliphatic rings. The van der Waals surface area contributed by atoms with Crippen LogP contribution in [0.5, 0.6) is 5.88 Å². The van der Waals surface area contributed by atoms with E-state index in [1.54, 1.807) is 0 Å². The number of nitrogens with two attached hydrogens (primary N) is 1. The second-order valence-corrected chi connectivity index (χ2v) is 11.1. The standard InChI is InChI=1S/C23H32FN5O4S/c1-6-8-15(3)33-22-17(24)11-16(20(27-22)29-13-14(2)12-23(29,4)5)21(30)28-34(31,32)19-10-7-9-18(25)26-19/h7,9-11,14-15H,6,8,12-13H2,1-5H3,(H2,25,26)(H,28,30). The summed E-state index contributed by atoms with van der Waals surface area (Å²) in [5.41, 5.74) is 4.98. The van der Waals surface area contributed by atoms with Gasteiger partial charge >= 0.3 is 0 Å². The molecule has 0 bridgehead atoms. The SMILES string of the molecule is CCCC(C)Oc1nc(N2CC(C)CC2(C)C)c(C(=O)NS(=O)(=O)c2cccc(N)n2)cc1F. The fraction of sp³-hybridized carbons (Fsp3) is 0.522. The van der Waals surface area contributed by atoms with Crippen LogP contribution in [0, 0.1) is 11.7 Å². The molecule has 0 saturated carbocycles. The third kappa shape index (κ3) is 5.57. The van der Waals surface area contributed by atoms with Crippen molar-refractivity contribution in [2.24, 2.45) is 5.92 Å². The van der Waals surface area contributed by atoms with Gasteiger partial charge in [0.25, 0.3) is 21.8 Å². The van der Waals surface area contributed by atoms with Crippen LogP contribution < -0.4 is 20.1 Å². The third-order valence-corrected chi connectivity index (χ3v) is 6.98. The van der Waals surface area contributed by atoms with E-state index in [4.69, 9.17) is 10.5 Å². The van der Waals surface area contributed by atoms with Gasteiger partial charge in [0.2, 0.25) is 0 Å². The molecule has 186 valence electrons. The first-order valence-corrected chi connectivity index (χ1v) is 12.8. The molecular formula is C23H32FN5O4S. The van der Waals surface area contributed by atoms with Gasteiger partial charge in [0.15, 0.2) is 10.8 Å². The second kappa shape index (κ2) is 9.73. The molecule has 1 saturated heterocycles. The van der Waals surface area contributed by atoms with Gasteiger partial charge in [0, 0.05) is 12.1 Å². The maximum atomic E-state index is 15.0. The number of ether oxygens (including phenoxy) is 1. The number of amides is 1. The van der Waals surface area contributed by atoms with Gasteiger partial charge in [0.05, 0.1) is 11.7 Å². The fourth-order valence-corrected chi connectivity index (χ4v) is 5.29. The number of rotatable bonds is 8. The van der Waals surface area contributed by atoms with Crippen molar-refractivity contribution in [1.29, 1.82) is 0 Å². The molecule has 0 radical (unpaired) electrons. The Kier molecular flexibility index (Phi) is 7.35. The second-order valence-electron chi connectivity index (χ2n) is 9.43. The summed E-state index contributed by atoms with van der Waals surface area (Å²) in [4.78, 5) is 23.2. The molecule has 11 heteroatoms. The summed E-state index contributed by atoms with van der Waals surface area (Å²) in [6, 6.07) is 5.02. The van der Waals surface area contributed by atoms with Crippen molar-refractivity contribution >= 4 is 27.6 Å². The molecule has 34 heavy (non-hydrogen) atoms. The van der Waals surface area contributed by atoms with E-state index in [0.717, 1.165) is 18.9 Å². The van der Waals surface area contributed by atoms with E-state index >= 15 is 0 Å². The molecule has 1 fully saturated rings. The predicted octanol–water partition coefficient (Wildman–Crippen LogP) is 3.51. The molecule has 3 N–H and O–H groups in total. The molecule has 0 spiro atoms. The normalized spacial score (nSPS) is 18.5. The number of nitrogens with one attached hydrogen (secondary N) is 1. The first-order chi connectivity index (χ1) is 15.8. The minimum atomic E-state index is -4.35. The third-order valence-electron chi connectivity index (χ3n) is 5.75. The number of hydrogen-bond donors (Lipinski definition) is 2. The first kappa shape index (κ1) is 25.7. The Balaban J connectivity index is 2.04. The Morgan fingerprint density at radius 3 is 2.68 bits per heavy atom. The van der Waals surface area contributed by atoms with E-state index in [1.807, 2.05) is 37.3 Å². The smallest absolute Gasteiger partial charge is 0.281 e. The molecule has 2 atom stereocenters. The average Bonchev–Trinajstić information content (AvgIpc) is 3.00.